The van der Waals surface area contributed by atoms with E-state index in [0.29, 0.717) is 56.0 Å². The normalized spacial score (nSPS) is 19.1. The number of aryl methyl sites for hydroxylation is 1. The first kappa shape index (κ1) is 31.9. The van der Waals surface area contributed by atoms with Gasteiger partial charge in [0.15, 0.2) is 5.78 Å². The minimum Gasteiger partial charge on any atom is -0.493 e. The number of carbonyl (C=O) groups is 3. The molecule has 0 N–H and O–H groups in total. The lowest BCUT2D eigenvalue weighted by Crippen LogP contribution is -2.44. The Balaban J connectivity index is 1.28. The molecule has 1 aliphatic carbocycles. The first-order valence-electron chi connectivity index (χ1n) is 16.5. The summed E-state index contributed by atoms with van der Waals surface area (Å²) in [5.41, 5.74) is 3.19. The zero-order chi connectivity index (χ0) is 30.9. The summed E-state index contributed by atoms with van der Waals surface area (Å²) < 4.78 is 24.1. The van der Waals surface area contributed by atoms with Crippen LogP contribution in [-0.4, -0.2) is 61.6 Å². The number of esters is 1. The van der Waals surface area contributed by atoms with Gasteiger partial charge < -0.3 is 23.8 Å². The maximum Gasteiger partial charge on any atom is 0.305 e. The first-order valence-corrected chi connectivity index (χ1v) is 16.5. The van der Waals surface area contributed by atoms with Gasteiger partial charge in [-0.25, -0.2) is 0 Å². The van der Waals surface area contributed by atoms with Crippen molar-refractivity contribution in [1.29, 1.82) is 0 Å². The summed E-state index contributed by atoms with van der Waals surface area (Å²) in [4.78, 5) is 40.6. The van der Waals surface area contributed by atoms with Crippen LogP contribution in [0, 0.1) is 0 Å². The summed E-state index contributed by atoms with van der Waals surface area (Å²) >= 11 is 0. The molecule has 1 amide bonds. The highest BCUT2D eigenvalue weighted by atomic mass is 16.5. The molecule has 1 atom stereocenters. The van der Waals surface area contributed by atoms with Gasteiger partial charge in [-0.1, -0.05) is 25.5 Å². The van der Waals surface area contributed by atoms with Gasteiger partial charge in [0, 0.05) is 37.9 Å². The van der Waals surface area contributed by atoms with E-state index in [1.165, 1.54) is 31.1 Å². The van der Waals surface area contributed by atoms with Crippen LogP contribution >= 0.6 is 0 Å². The van der Waals surface area contributed by atoms with Gasteiger partial charge in [0.25, 0.3) is 0 Å². The van der Waals surface area contributed by atoms with Crippen LogP contribution in [0.15, 0.2) is 30.3 Å². The molecule has 1 saturated heterocycles. The van der Waals surface area contributed by atoms with Crippen LogP contribution in [0.3, 0.4) is 0 Å². The molecule has 0 radical (unpaired) electrons. The minimum absolute atomic E-state index is 0.0340. The Morgan fingerprint density at radius 2 is 1.68 bits per heavy atom. The molecule has 1 unspecified atom stereocenters. The number of likely N-dealkylation sites (tertiary alicyclic amines) is 1. The summed E-state index contributed by atoms with van der Waals surface area (Å²) in [7, 11) is 1.36. The second-order valence-corrected chi connectivity index (χ2v) is 12.4. The number of fused-ring (bicyclic) bond motifs is 2. The topological polar surface area (TPSA) is 91.4 Å². The lowest BCUT2D eigenvalue weighted by atomic mass is 9.81. The number of ether oxygens (including phenoxy) is 4. The lowest BCUT2D eigenvalue weighted by Gasteiger charge is -2.39. The van der Waals surface area contributed by atoms with E-state index in [2.05, 4.69) is 25.1 Å². The average Bonchev–Trinajstić information content (AvgIpc) is 3.59. The van der Waals surface area contributed by atoms with Gasteiger partial charge in [-0.15, -0.1) is 0 Å². The van der Waals surface area contributed by atoms with Gasteiger partial charge in [0.2, 0.25) is 5.91 Å². The number of Topliss-reactive ketones (excluding diaryl/α,β-unsaturated/α-hetero) is 1. The van der Waals surface area contributed by atoms with Crippen molar-refractivity contribution in [2.45, 2.75) is 102 Å². The number of hydrogen-bond acceptors (Lipinski definition) is 7. The molecule has 1 fully saturated rings. The fourth-order valence-corrected chi connectivity index (χ4v) is 6.81. The minimum atomic E-state index is -0.961. The van der Waals surface area contributed by atoms with Crippen molar-refractivity contribution in [3.63, 3.8) is 0 Å². The van der Waals surface area contributed by atoms with Crippen molar-refractivity contribution in [2.75, 3.05) is 33.4 Å². The Labute approximate surface area is 261 Å². The second-order valence-electron chi connectivity index (χ2n) is 12.4. The van der Waals surface area contributed by atoms with E-state index in [4.69, 9.17) is 18.9 Å². The average molecular weight is 606 g/mol. The molecule has 44 heavy (non-hydrogen) atoms. The van der Waals surface area contributed by atoms with Gasteiger partial charge in [0.05, 0.1) is 32.3 Å². The number of ketones is 1. The predicted octanol–water partition coefficient (Wildman–Crippen LogP) is 6.43. The summed E-state index contributed by atoms with van der Waals surface area (Å²) in [6.45, 7) is 4.66. The van der Waals surface area contributed by atoms with Crippen LogP contribution in [0.2, 0.25) is 0 Å². The summed E-state index contributed by atoms with van der Waals surface area (Å²) in [5, 5.41) is 0. The highest BCUT2D eigenvalue weighted by molar-refractivity contribution is 6.01. The SMILES string of the molecule is CCCc1c(OCCCOc2cccc3c2CCCC3)ccc2c1OC(CCC(=O)OC)(CCC(=O)N1CCCC1)CC2=O. The number of hydrogen-bond donors (Lipinski definition) is 0. The van der Waals surface area contributed by atoms with Gasteiger partial charge in [-0.3, -0.25) is 14.4 Å². The van der Waals surface area contributed by atoms with E-state index in [1.54, 1.807) is 6.07 Å². The Hall–Kier alpha value is -3.55. The first-order chi connectivity index (χ1) is 21.4. The highest BCUT2D eigenvalue weighted by Gasteiger charge is 2.42. The molecule has 238 valence electrons. The zero-order valence-corrected chi connectivity index (χ0v) is 26.4. The highest BCUT2D eigenvalue weighted by Crippen LogP contribution is 2.44. The number of amides is 1. The monoisotopic (exact) mass is 605 g/mol. The smallest absolute Gasteiger partial charge is 0.305 e. The van der Waals surface area contributed by atoms with Crippen molar-refractivity contribution in [1.82, 2.24) is 4.90 Å². The largest absolute Gasteiger partial charge is 0.493 e. The van der Waals surface area contributed by atoms with Crippen LogP contribution in [0.25, 0.3) is 0 Å². The van der Waals surface area contributed by atoms with E-state index in [1.807, 2.05) is 11.0 Å². The Morgan fingerprint density at radius 3 is 2.45 bits per heavy atom. The molecule has 0 aromatic heterocycles. The van der Waals surface area contributed by atoms with Crippen molar-refractivity contribution >= 4 is 17.7 Å². The van der Waals surface area contributed by atoms with Crippen molar-refractivity contribution in [3.05, 3.63) is 52.6 Å². The van der Waals surface area contributed by atoms with Crippen molar-refractivity contribution in [2.24, 2.45) is 0 Å². The van der Waals surface area contributed by atoms with Crippen LogP contribution in [0.5, 0.6) is 17.2 Å². The molecule has 8 heteroatoms. The Kier molecular flexibility index (Phi) is 10.8. The summed E-state index contributed by atoms with van der Waals surface area (Å²) in [6.07, 6.45) is 10.1. The third-order valence-electron chi connectivity index (χ3n) is 9.24. The molecule has 5 rings (SSSR count). The second kappa shape index (κ2) is 15.0. The number of rotatable bonds is 14. The molecule has 2 aromatic carbocycles. The van der Waals surface area contributed by atoms with E-state index in [9.17, 15) is 14.4 Å². The third-order valence-corrected chi connectivity index (χ3v) is 9.24. The van der Waals surface area contributed by atoms with Gasteiger partial charge >= 0.3 is 5.97 Å². The Morgan fingerprint density at radius 1 is 0.932 bits per heavy atom. The van der Waals surface area contributed by atoms with E-state index in [0.717, 1.165) is 56.5 Å². The number of methoxy groups -OCH3 is 1. The van der Waals surface area contributed by atoms with E-state index < -0.39 is 5.60 Å². The van der Waals surface area contributed by atoms with Gasteiger partial charge in [-0.2, -0.15) is 0 Å². The number of carbonyl (C=O) groups excluding carboxylic acids is 3. The van der Waals surface area contributed by atoms with Crippen LogP contribution in [0.1, 0.15) is 105 Å². The maximum absolute atomic E-state index is 13.6. The molecular formula is C36H47NO7. The van der Waals surface area contributed by atoms with E-state index in [-0.39, 0.29) is 36.9 Å². The fraction of sp³-hybridized carbons (Fsp3) is 0.583. The van der Waals surface area contributed by atoms with E-state index >= 15 is 0 Å². The molecule has 2 aromatic rings. The summed E-state index contributed by atoms with van der Waals surface area (Å²) in [6, 6.07) is 10.0. The third kappa shape index (κ3) is 7.56. The van der Waals surface area contributed by atoms with Crippen molar-refractivity contribution in [3.8, 4) is 17.2 Å². The molecular weight excluding hydrogens is 558 g/mol. The van der Waals surface area contributed by atoms with Gasteiger partial charge in [-0.05, 0) is 87.1 Å². The van der Waals surface area contributed by atoms with Gasteiger partial charge in [0.1, 0.15) is 22.8 Å². The molecule has 2 aliphatic heterocycles. The maximum atomic E-state index is 13.6. The molecule has 2 heterocycles. The quantitative estimate of drug-likeness (QED) is 0.181. The lowest BCUT2D eigenvalue weighted by molar-refractivity contribution is -0.142. The number of benzene rings is 2. The molecule has 3 aliphatic rings. The van der Waals surface area contributed by atoms with Crippen LogP contribution < -0.4 is 14.2 Å². The fourth-order valence-electron chi connectivity index (χ4n) is 6.81. The van der Waals surface area contributed by atoms with Crippen LogP contribution in [0.4, 0.5) is 0 Å². The molecule has 0 bridgehead atoms. The molecule has 8 nitrogen and oxygen atoms in total. The molecule has 0 spiro atoms. The van der Waals surface area contributed by atoms with Crippen molar-refractivity contribution < 1.29 is 33.3 Å². The number of nitrogens with zero attached hydrogens (tertiary/aromatic N) is 1. The predicted molar refractivity (Wildman–Crippen MR) is 168 cm³/mol. The summed E-state index contributed by atoms with van der Waals surface area (Å²) in [5.74, 6) is 1.90. The zero-order valence-electron chi connectivity index (χ0n) is 26.4. The molecule has 0 saturated carbocycles. The Bertz CT molecular complexity index is 1330. The standard InChI is InChI=1S/C36H47NO7/c1-3-10-29-32(43-24-9-23-42-31-14-8-12-26-11-4-5-13-27(26)31)16-15-28-30(38)25-36(44-35(28)29,20-18-34(40)41-2)19-17-33(39)37-21-6-7-22-37/h8,12,14-16H,3-7,9-11,13,17-25H2,1-2H3. The van der Waals surface area contributed by atoms with Crippen LogP contribution in [-0.2, 0) is 33.6 Å².